The highest BCUT2D eigenvalue weighted by Gasteiger charge is 2.22. The average molecular weight is 373 g/mol. The molecular weight excluding hydrogens is 354 g/mol. The Kier molecular flexibility index (Phi) is 5.22. The van der Waals surface area contributed by atoms with Crippen molar-refractivity contribution in [3.63, 3.8) is 0 Å². The number of carbonyl (C=O) groups is 2. The van der Waals surface area contributed by atoms with Gasteiger partial charge < -0.3 is 9.80 Å². The Morgan fingerprint density at radius 1 is 0.923 bits per heavy atom. The normalized spacial score (nSPS) is 14.8. The van der Waals surface area contributed by atoms with E-state index >= 15 is 0 Å². The molecule has 0 radical (unpaired) electrons. The number of benzene rings is 2. The molecule has 3 rings (SSSR count). The molecule has 1 aliphatic heterocycles. The highest BCUT2D eigenvalue weighted by molar-refractivity contribution is 7.92. The van der Waals surface area contributed by atoms with Gasteiger partial charge >= 0.3 is 0 Å². The van der Waals surface area contributed by atoms with Gasteiger partial charge in [0.25, 0.3) is 15.9 Å². The van der Waals surface area contributed by atoms with Gasteiger partial charge in [0, 0.05) is 37.4 Å². The minimum atomic E-state index is -3.71. The van der Waals surface area contributed by atoms with Crippen molar-refractivity contribution in [1.29, 1.82) is 0 Å². The zero-order valence-corrected chi connectivity index (χ0v) is 14.9. The topological polar surface area (TPSA) is 86.8 Å². The van der Waals surface area contributed by atoms with Crippen LogP contribution in [-0.4, -0.2) is 56.7 Å². The Labute approximate surface area is 152 Å². The van der Waals surface area contributed by atoms with Crippen molar-refractivity contribution in [2.45, 2.75) is 4.90 Å². The van der Waals surface area contributed by atoms with Gasteiger partial charge in [0.2, 0.25) is 6.41 Å². The lowest BCUT2D eigenvalue weighted by Crippen LogP contribution is -2.48. The molecule has 8 heteroatoms. The first kappa shape index (κ1) is 17.9. The quantitative estimate of drug-likeness (QED) is 0.803. The summed E-state index contributed by atoms with van der Waals surface area (Å²) in [7, 11) is -3.71. The molecule has 0 aromatic heterocycles. The fourth-order valence-corrected chi connectivity index (χ4v) is 3.77. The zero-order chi connectivity index (χ0) is 18.6. The molecule has 0 unspecified atom stereocenters. The molecule has 1 fully saturated rings. The summed E-state index contributed by atoms with van der Waals surface area (Å²) in [4.78, 5) is 26.6. The smallest absolute Gasteiger partial charge is 0.261 e. The summed E-state index contributed by atoms with van der Waals surface area (Å²) < 4.78 is 27.3. The summed E-state index contributed by atoms with van der Waals surface area (Å²) in [6.07, 6.45) is 0.779. The van der Waals surface area contributed by atoms with Crippen LogP contribution in [0.2, 0.25) is 0 Å². The molecule has 0 saturated carbocycles. The molecule has 0 bridgehead atoms. The van der Waals surface area contributed by atoms with Crippen LogP contribution in [0, 0.1) is 0 Å². The first-order valence-corrected chi connectivity index (χ1v) is 9.64. The van der Waals surface area contributed by atoms with E-state index in [1.54, 1.807) is 40.1 Å². The lowest BCUT2D eigenvalue weighted by Gasteiger charge is -2.32. The van der Waals surface area contributed by atoms with Crippen LogP contribution in [0.1, 0.15) is 10.4 Å². The minimum Gasteiger partial charge on any atom is -0.342 e. The predicted molar refractivity (Wildman–Crippen MR) is 97.2 cm³/mol. The standard InChI is InChI=1S/C18H19N3O4S/c22-14-20-10-12-21(13-11-20)18(23)15-6-8-17(9-7-15)26(24,25)19-16-4-2-1-3-5-16/h1-9,14,19H,10-13H2. The van der Waals surface area contributed by atoms with E-state index in [0.717, 1.165) is 6.41 Å². The van der Waals surface area contributed by atoms with E-state index in [0.29, 0.717) is 37.4 Å². The Bertz CT molecular complexity index is 874. The summed E-state index contributed by atoms with van der Waals surface area (Å²) in [5.41, 5.74) is 0.893. The van der Waals surface area contributed by atoms with Crippen molar-refractivity contribution in [1.82, 2.24) is 9.80 Å². The third-order valence-electron chi connectivity index (χ3n) is 4.19. The van der Waals surface area contributed by atoms with Crippen molar-refractivity contribution in [2.75, 3.05) is 30.9 Å². The van der Waals surface area contributed by atoms with Gasteiger partial charge in [-0.25, -0.2) is 8.42 Å². The van der Waals surface area contributed by atoms with Gasteiger partial charge in [-0.15, -0.1) is 0 Å². The largest absolute Gasteiger partial charge is 0.342 e. The molecule has 136 valence electrons. The third kappa shape index (κ3) is 4.02. The van der Waals surface area contributed by atoms with Crippen molar-refractivity contribution in [2.24, 2.45) is 0 Å². The van der Waals surface area contributed by atoms with Crippen molar-refractivity contribution < 1.29 is 18.0 Å². The van der Waals surface area contributed by atoms with E-state index in [1.165, 1.54) is 24.3 Å². The van der Waals surface area contributed by atoms with E-state index in [4.69, 9.17) is 0 Å². The molecule has 2 amide bonds. The SMILES string of the molecule is O=CN1CCN(C(=O)c2ccc(S(=O)(=O)Nc3ccccc3)cc2)CC1. The van der Waals surface area contributed by atoms with E-state index in [9.17, 15) is 18.0 Å². The molecule has 7 nitrogen and oxygen atoms in total. The van der Waals surface area contributed by atoms with Crippen LogP contribution in [0.25, 0.3) is 0 Å². The molecule has 1 saturated heterocycles. The van der Waals surface area contributed by atoms with Gasteiger partial charge in [0.15, 0.2) is 0 Å². The van der Waals surface area contributed by atoms with Gasteiger partial charge in [-0.1, -0.05) is 18.2 Å². The number of hydrogen-bond acceptors (Lipinski definition) is 4. The highest BCUT2D eigenvalue weighted by atomic mass is 32.2. The van der Waals surface area contributed by atoms with E-state index in [-0.39, 0.29) is 10.8 Å². The van der Waals surface area contributed by atoms with Crippen LogP contribution in [0.15, 0.2) is 59.5 Å². The summed E-state index contributed by atoms with van der Waals surface area (Å²) in [6.45, 7) is 1.94. The molecule has 26 heavy (non-hydrogen) atoms. The Balaban J connectivity index is 1.70. The average Bonchev–Trinajstić information content (AvgIpc) is 2.68. The van der Waals surface area contributed by atoms with Crippen LogP contribution in [0.4, 0.5) is 5.69 Å². The molecule has 0 atom stereocenters. The van der Waals surface area contributed by atoms with E-state index < -0.39 is 10.0 Å². The van der Waals surface area contributed by atoms with Gasteiger partial charge in [-0.2, -0.15) is 0 Å². The number of rotatable bonds is 5. The first-order chi connectivity index (χ1) is 12.5. The lowest BCUT2D eigenvalue weighted by molar-refractivity contribution is -0.119. The van der Waals surface area contributed by atoms with Crippen molar-refractivity contribution in [3.05, 3.63) is 60.2 Å². The van der Waals surface area contributed by atoms with Crippen molar-refractivity contribution >= 4 is 28.0 Å². The van der Waals surface area contributed by atoms with E-state index in [2.05, 4.69) is 4.72 Å². The Morgan fingerprint density at radius 2 is 1.54 bits per heavy atom. The van der Waals surface area contributed by atoms with Crippen LogP contribution in [-0.2, 0) is 14.8 Å². The lowest BCUT2D eigenvalue weighted by atomic mass is 10.2. The number of carbonyl (C=O) groups excluding carboxylic acids is 2. The maximum absolute atomic E-state index is 12.5. The number of piperazine rings is 1. The van der Waals surface area contributed by atoms with Gasteiger partial charge in [0.05, 0.1) is 4.90 Å². The molecule has 1 aliphatic rings. The van der Waals surface area contributed by atoms with Crippen LogP contribution >= 0.6 is 0 Å². The first-order valence-electron chi connectivity index (χ1n) is 8.16. The predicted octanol–water partition coefficient (Wildman–Crippen LogP) is 1.40. The fraction of sp³-hybridized carbons (Fsp3) is 0.222. The summed E-state index contributed by atoms with van der Waals surface area (Å²) >= 11 is 0. The number of nitrogens with one attached hydrogen (secondary N) is 1. The molecule has 1 heterocycles. The number of hydrogen-bond donors (Lipinski definition) is 1. The molecule has 0 spiro atoms. The van der Waals surface area contributed by atoms with Gasteiger partial charge in [0.1, 0.15) is 0 Å². The summed E-state index contributed by atoms with van der Waals surface area (Å²) in [5, 5.41) is 0. The molecule has 1 N–H and O–H groups in total. The van der Waals surface area contributed by atoms with Gasteiger partial charge in [-0.05, 0) is 36.4 Å². The molecule has 2 aromatic carbocycles. The van der Waals surface area contributed by atoms with Crippen LogP contribution < -0.4 is 4.72 Å². The second-order valence-corrected chi connectivity index (χ2v) is 7.61. The number of anilines is 1. The second kappa shape index (κ2) is 7.57. The third-order valence-corrected chi connectivity index (χ3v) is 5.59. The maximum atomic E-state index is 12.5. The Hall–Kier alpha value is -2.87. The highest BCUT2D eigenvalue weighted by Crippen LogP contribution is 2.17. The zero-order valence-electron chi connectivity index (χ0n) is 14.0. The number of sulfonamides is 1. The minimum absolute atomic E-state index is 0.0867. The van der Waals surface area contributed by atoms with E-state index in [1.807, 2.05) is 0 Å². The Morgan fingerprint density at radius 3 is 2.12 bits per heavy atom. The molecule has 2 aromatic rings. The number of para-hydroxylation sites is 1. The van der Waals surface area contributed by atoms with Gasteiger partial charge in [-0.3, -0.25) is 14.3 Å². The molecular formula is C18H19N3O4S. The fourth-order valence-electron chi connectivity index (χ4n) is 2.71. The maximum Gasteiger partial charge on any atom is 0.261 e. The van der Waals surface area contributed by atoms with Crippen LogP contribution in [0.3, 0.4) is 0 Å². The molecule has 0 aliphatic carbocycles. The monoisotopic (exact) mass is 373 g/mol. The van der Waals surface area contributed by atoms with Crippen molar-refractivity contribution in [3.8, 4) is 0 Å². The summed E-state index contributed by atoms with van der Waals surface area (Å²) in [5.74, 6) is -0.171. The number of nitrogens with zero attached hydrogens (tertiary/aromatic N) is 2. The van der Waals surface area contributed by atoms with Crippen LogP contribution in [0.5, 0.6) is 0 Å². The second-order valence-electron chi connectivity index (χ2n) is 5.93. The number of amides is 2. The summed E-state index contributed by atoms with van der Waals surface area (Å²) in [6, 6.07) is 14.5.